The average Bonchev–Trinajstić information content (AvgIpc) is 3.33. The molecule has 28 heavy (non-hydrogen) atoms. The van der Waals surface area contributed by atoms with Crippen molar-refractivity contribution >= 4 is 11.9 Å². The molecule has 0 saturated carbocycles. The second kappa shape index (κ2) is 6.71. The minimum atomic E-state index is -1.20. The van der Waals surface area contributed by atoms with Crippen LogP contribution in [0.15, 0.2) is 71.3 Å². The van der Waals surface area contributed by atoms with E-state index in [-0.39, 0.29) is 12.5 Å². The van der Waals surface area contributed by atoms with Gasteiger partial charge in [-0.1, -0.05) is 42.5 Å². The van der Waals surface area contributed by atoms with Gasteiger partial charge < -0.3 is 9.73 Å². The predicted octanol–water partition coefficient (Wildman–Crippen LogP) is 3.79. The maximum atomic E-state index is 12.9. The molecule has 0 spiro atoms. The van der Waals surface area contributed by atoms with Crippen LogP contribution in [0.3, 0.4) is 0 Å². The molecule has 138 valence electrons. The highest BCUT2D eigenvalue weighted by Gasteiger charge is 2.50. The average molecular weight is 371 g/mol. The molecular weight excluding hydrogens is 354 g/mol. The Hall–Kier alpha value is -3.85. The summed E-state index contributed by atoms with van der Waals surface area (Å²) in [5.74, 6) is 0.0446. The van der Waals surface area contributed by atoms with Gasteiger partial charge in [-0.05, 0) is 41.8 Å². The van der Waals surface area contributed by atoms with Crippen molar-refractivity contribution in [3.8, 4) is 17.2 Å². The number of carbonyl (C=O) groups is 2. The lowest BCUT2D eigenvalue weighted by Crippen LogP contribution is -2.40. The van der Waals surface area contributed by atoms with E-state index in [1.54, 1.807) is 25.1 Å². The van der Waals surface area contributed by atoms with Crippen molar-refractivity contribution in [2.75, 3.05) is 0 Å². The summed E-state index contributed by atoms with van der Waals surface area (Å²) >= 11 is 0. The fraction of sp³-hybridized carbons (Fsp3) is 0.136. The van der Waals surface area contributed by atoms with Gasteiger partial charge in [0.2, 0.25) is 0 Å². The molecule has 6 nitrogen and oxygen atoms in total. The van der Waals surface area contributed by atoms with Gasteiger partial charge >= 0.3 is 6.03 Å². The van der Waals surface area contributed by atoms with E-state index in [0.29, 0.717) is 11.3 Å². The SMILES string of the molecule is C[C@@]1(c2ccco2)NC(=O)N(Cc2ccc(-c3ccccc3C#N)cc2)C1=O. The molecule has 1 aromatic heterocycles. The highest BCUT2D eigenvalue weighted by atomic mass is 16.3. The number of nitriles is 1. The molecule has 3 amide bonds. The first-order chi connectivity index (χ1) is 13.5. The Kier molecular flexibility index (Phi) is 4.21. The van der Waals surface area contributed by atoms with Gasteiger partial charge in [0.25, 0.3) is 5.91 Å². The van der Waals surface area contributed by atoms with E-state index in [2.05, 4.69) is 11.4 Å². The summed E-state index contributed by atoms with van der Waals surface area (Å²) in [7, 11) is 0. The second-order valence-electron chi connectivity index (χ2n) is 6.78. The molecule has 1 aliphatic heterocycles. The molecule has 0 unspecified atom stereocenters. The minimum Gasteiger partial charge on any atom is -0.466 e. The summed E-state index contributed by atoms with van der Waals surface area (Å²) in [5, 5.41) is 12.0. The van der Waals surface area contributed by atoms with Gasteiger partial charge in [0.15, 0.2) is 5.54 Å². The van der Waals surface area contributed by atoms with Crippen LogP contribution in [0.2, 0.25) is 0 Å². The Labute approximate surface area is 162 Å². The normalized spacial score (nSPS) is 18.8. The molecule has 1 aliphatic rings. The number of benzene rings is 2. The molecule has 4 rings (SSSR count). The monoisotopic (exact) mass is 371 g/mol. The van der Waals surface area contributed by atoms with Gasteiger partial charge in [0.05, 0.1) is 24.4 Å². The van der Waals surface area contributed by atoms with Crippen LogP contribution in [0, 0.1) is 11.3 Å². The highest BCUT2D eigenvalue weighted by Crippen LogP contribution is 2.30. The zero-order valence-corrected chi connectivity index (χ0v) is 15.2. The predicted molar refractivity (Wildman–Crippen MR) is 102 cm³/mol. The summed E-state index contributed by atoms with van der Waals surface area (Å²) in [4.78, 5) is 26.4. The fourth-order valence-corrected chi connectivity index (χ4v) is 3.38. The zero-order valence-electron chi connectivity index (χ0n) is 15.2. The van der Waals surface area contributed by atoms with Gasteiger partial charge in [-0.25, -0.2) is 4.79 Å². The Morgan fingerprint density at radius 2 is 1.82 bits per heavy atom. The number of furan rings is 1. The Morgan fingerprint density at radius 1 is 1.07 bits per heavy atom. The third-order valence-corrected chi connectivity index (χ3v) is 4.94. The molecule has 0 radical (unpaired) electrons. The smallest absolute Gasteiger partial charge is 0.325 e. The lowest BCUT2D eigenvalue weighted by atomic mass is 9.98. The maximum Gasteiger partial charge on any atom is 0.325 e. The van der Waals surface area contributed by atoms with E-state index in [1.807, 2.05) is 42.5 Å². The van der Waals surface area contributed by atoms with Crippen LogP contribution in [-0.2, 0) is 16.9 Å². The lowest BCUT2D eigenvalue weighted by molar-refractivity contribution is -0.132. The number of hydrogen-bond acceptors (Lipinski definition) is 4. The number of amides is 3. The third kappa shape index (κ3) is 2.83. The van der Waals surface area contributed by atoms with Gasteiger partial charge in [0.1, 0.15) is 5.76 Å². The molecule has 0 bridgehead atoms. The van der Waals surface area contributed by atoms with E-state index >= 15 is 0 Å². The Bertz CT molecular complexity index is 1080. The number of nitrogens with zero attached hydrogens (tertiary/aromatic N) is 2. The molecule has 0 aliphatic carbocycles. The Morgan fingerprint density at radius 3 is 2.50 bits per heavy atom. The van der Waals surface area contributed by atoms with E-state index in [4.69, 9.17) is 4.42 Å². The van der Waals surface area contributed by atoms with Gasteiger partial charge in [-0.15, -0.1) is 0 Å². The summed E-state index contributed by atoms with van der Waals surface area (Å²) in [6, 6.07) is 19.9. The van der Waals surface area contributed by atoms with Crippen LogP contribution >= 0.6 is 0 Å². The zero-order chi connectivity index (χ0) is 19.7. The van der Waals surface area contributed by atoms with Crippen LogP contribution in [0.5, 0.6) is 0 Å². The largest absolute Gasteiger partial charge is 0.466 e. The lowest BCUT2D eigenvalue weighted by Gasteiger charge is -2.19. The van der Waals surface area contributed by atoms with Crippen molar-refractivity contribution in [3.63, 3.8) is 0 Å². The first kappa shape index (κ1) is 17.6. The van der Waals surface area contributed by atoms with Gasteiger partial charge in [0, 0.05) is 0 Å². The molecule has 3 aromatic rings. The van der Waals surface area contributed by atoms with Crippen molar-refractivity contribution in [2.45, 2.75) is 19.0 Å². The summed E-state index contributed by atoms with van der Waals surface area (Å²) in [5.41, 5.74) is 1.95. The summed E-state index contributed by atoms with van der Waals surface area (Å²) in [6.07, 6.45) is 1.47. The van der Waals surface area contributed by atoms with Crippen molar-refractivity contribution in [2.24, 2.45) is 0 Å². The second-order valence-corrected chi connectivity index (χ2v) is 6.78. The summed E-state index contributed by atoms with van der Waals surface area (Å²) < 4.78 is 5.34. The highest BCUT2D eigenvalue weighted by molar-refractivity contribution is 6.06. The van der Waals surface area contributed by atoms with Gasteiger partial charge in [-0.3, -0.25) is 9.69 Å². The topological polar surface area (TPSA) is 86.3 Å². The van der Waals surface area contributed by atoms with Crippen LogP contribution in [0.1, 0.15) is 23.8 Å². The molecule has 1 N–H and O–H groups in total. The van der Waals surface area contributed by atoms with Crippen molar-refractivity contribution in [3.05, 3.63) is 83.8 Å². The number of rotatable bonds is 4. The van der Waals surface area contributed by atoms with Crippen LogP contribution in [0.4, 0.5) is 4.79 Å². The van der Waals surface area contributed by atoms with E-state index in [0.717, 1.165) is 16.7 Å². The molecule has 2 heterocycles. The number of carbonyl (C=O) groups excluding carboxylic acids is 2. The quantitative estimate of drug-likeness (QED) is 0.707. The fourth-order valence-electron chi connectivity index (χ4n) is 3.38. The van der Waals surface area contributed by atoms with Crippen molar-refractivity contribution in [1.29, 1.82) is 5.26 Å². The molecule has 2 aromatic carbocycles. The molecule has 6 heteroatoms. The first-order valence-corrected chi connectivity index (χ1v) is 8.79. The standard InChI is InChI=1S/C22H17N3O3/c1-22(19-7-4-12-28-19)20(26)25(21(27)24-22)14-15-8-10-16(11-9-15)18-6-3-2-5-17(18)13-23/h2-12H,14H2,1H3,(H,24,27)/t22-/m0/s1. The van der Waals surface area contributed by atoms with E-state index in [1.165, 1.54) is 11.2 Å². The van der Waals surface area contributed by atoms with Crippen molar-refractivity contribution in [1.82, 2.24) is 10.2 Å². The van der Waals surface area contributed by atoms with E-state index < -0.39 is 11.6 Å². The molecular formula is C22H17N3O3. The number of imide groups is 1. The molecule has 1 saturated heterocycles. The number of nitrogens with one attached hydrogen (secondary N) is 1. The van der Waals surface area contributed by atoms with Crippen molar-refractivity contribution < 1.29 is 14.0 Å². The molecule has 1 atom stereocenters. The number of urea groups is 1. The minimum absolute atomic E-state index is 0.154. The van der Waals surface area contributed by atoms with Crippen LogP contribution in [0.25, 0.3) is 11.1 Å². The summed E-state index contributed by atoms with van der Waals surface area (Å²) in [6.45, 7) is 1.79. The Balaban J connectivity index is 1.56. The maximum absolute atomic E-state index is 12.9. The third-order valence-electron chi connectivity index (χ3n) is 4.94. The first-order valence-electron chi connectivity index (χ1n) is 8.79. The van der Waals surface area contributed by atoms with E-state index in [9.17, 15) is 14.9 Å². The van der Waals surface area contributed by atoms with Gasteiger partial charge in [-0.2, -0.15) is 5.26 Å². The van der Waals surface area contributed by atoms with Crippen LogP contribution < -0.4 is 5.32 Å². The number of hydrogen-bond donors (Lipinski definition) is 1. The molecule has 1 fully saturated rings. The van der Waals surface area contributed by atoms with Crippen LogP contribution in [-0.4, -0.2) is 16.8 Å².